The predicted molar refractivity (Wildman–Crippen MR) is 67.6 cm³/mol. The Hall–Kier alpha value is -1.99. The number of carboxylic acid groups (broad SMARTS) is 1. The molecule has 0 heterocycles. The second-order valence-electron chi connectivity index (χ2n) is 4.97. The van der Waals surface area contributed by atoms with E-state index in [0.717, 1.165) is 0 Å². The van der Waals surface area contributed by atoms with Gasteiger partial charge in [0, 0.05) is 6.54 Å². The zero-order valence-corrected chi connectivity index (χ0v) is 11.4. The molecule has 19 heavy (non-hydrogen) atoms. The summed E-state index contributed by atoms with van der Waals surface area (Å²) in [6.45, 7) is 5.47. The van der Waals surface area contributed by atoms with Crippen LogP contribution in [0.4, 0.5) is 9.59 Å². The SMILES string of the molecule is CC(C)(C)OC(=O)NCCCC(NC(N)=O)C(=O)O. The van der Waals surface area contributed by atoms with E-state index >= 15 is 0 Å². The molecule has 110 valence electrons. The van der Waals surface area contributed by atoms with Gasteiger partial charge in [-0.25, -0.2) is 14.4 Å². The molecule has 0 spiro atoms. The van der Waals surface area contributed by atoms with Gasteiger partial charge in [-0.1, -0.05) is 0 Å². The first-order chi connectivity index (χ1) is 8.61. The summed E-state index contributed by atoms with van der Waals surface area (Å²) in [5, 5.41) is 13.4. The summed E-state index contributed by atoms with van der Waals surface area (Å²) in [5.74, 6) is -1.17. The second kappa shape index (κ2) is 7.45. The first kappa shape index (κ1) is 17.0. The van der Waals surface area contributed by atoms with E-state index in [1.54, 1.807) is 20.8 Å². The quantitative estimate of drug-likeness (QED) is 0.521. The van der Waals surface area contributed by atoms with Gasteiger partial charge in [0.2, 0.25) is 0 Å². The molecule has 0 saturated heterocycles. The lowest BCUT2D eigenvalue weighted by atomic mass is 10.1. The molecule has 0 aromatic rings. The summed E-state index contributed by atoms with van der Waals surface area (Å²) >= 11 is 0. The standard InChI is InChI=1S/C11H21N3O5/c1-11(2,3)19-10(18)13-6-4-5-7(8(15)16)14-9(12)17/h7H,4-6H2,1-3H3,(H,13,18)(H,15,16)(H3,12,14,17). The maximum atomic E-state index is 11.3. The fourth-order valence-electron chi connectivity index (χ4n) is 1.24. The van der Waals surface area contributed by atoms with Crippen LogP contribution in [0.2, 0.25) is 0 Å². The third-order valence-corrected chi connectivity index (χ3v) is 1.95. The molecule has 0 aliphatic rings. The van der Waals surface area contributed by atoms with E-state index in [2.05, 4.69) is 10.6 Å². The smallest absolute Gasteiger partial charge is 0.407 e. The van der Waals surface area contributed by atoms with Gasteiger partial charge in [-0.05, 0) is 33.6 Å². The summed E-state index contributed by atoms with van der Waals surface area (Å²) in [5.41, 5.74) is 4.27. The largest absolute Gasteiger partial charge is 0.480 e. The van der Waals surface area contributed by atoms with Crippen LogP contribution in [0.25, 0.3) is 0 Å². The molecule has 0 aromatic carbocycles. The molecule has 3 amide bonds. The monoisotopic (exact) mass is 275 g/mol. The number of amides is 3. The summed E-state index contributed by atoms with van der Waals surface area (Å²) in [6.07, 6.45) is -0.0351. The normalized spacial score (nSPS) is 12.4. The Labute approximate surface area is 111 Å². The number of hydrogen-bond donors (Lipinski definition) is 4. The van der Waals surface area contributed by atoms with Crippen molar-refractivity contribution in [2.75, 3.05) is 6.54 Å². The number of rotatable bonds is 6. The Morgan fingerprint density at radius 3 is 2.32 bits per heavy atom. The minimum Gasteiger partial charge on any atom is -0.480 e. The maximum absolute atomic E-state index is 11.3. The van der Waals surface area contributed by atoms with Crippen molar-refractivity contribution in [3.63, 3.8) is 0 Å². The number of ether oxygens (including phenoxy) is 1. The van der Waals surface area contributed by atoms with Crippen molar-refractivity contribution in [2.24, 2.45) is 5.73 Å². The maximum Gasteiger partial charge on any atom is 0.407 e. The molecule has 8 heteroatoms. The first-order valence-corrected chi connectivity index (χ1v) is 5.87. The summed E-state index contributed by atoms with van der Waals surface area (Å²) in [7, 11) is 0. The Bertz CT molecular complexity index is 338. The first-order valence-electron chi connectivity index (χ1n) is 5.87. The zero-order valence-electron chi connectivity index (χ0n) is 11.4. The Balaban J connectivity index is 3.92. The molecule has 0 fully saturated rings. The van der Waals surface area contributed by atoms with Crippen molar-refractivity contribution >= 4 is 18.1 Å². The molecule has 1 unspecified atom stereocenters. The molecule has 0 saturated carbocycles. The van der Waals surface area contributed by atoms with E-state index in [9.17, 15) is 14.4 Å². The minimum atomic E-state index is -1.17. The second-order valence-corrected chi connectivity index (χ2v) is 4.97. The highest BCUT2D eigenvalue weighted by atomic mass is 16.6. The van der Waals surface area contributed by atoms with Crippen LogP contribution in [0.15, 0.2) is 0 Å². The van der Waals surface area contributed by atoms with Crippen molar-refractivity contribution < 1.29 is 24.2 Å². The molecule has 0 rings (SSSR count). The van der Waals surface area contributed by atoms with Gasteiger partial charge < -0.3 is 26.2 Å². The lowest BCUT2D eigenvalue weighted by molar-refractivity contribution is -0.139. The van der Waals surface area contributed by atoms with Crippen LogP contribution in [-0.2, 0) is 9.53 Å². The lowest BCUT2D eigenvalue weighted by Gasteiger charge is -2.19. The molecule has 1 atom stereocenters. The van der Waals surface area contributed by atoms with E-state index in [1.807, 2.05) is 0 Å². The molecular formula is C11H21N3O5. The van der Waals surface area contributed by atoms with Crippen LogP contribution in [0.3, 0.4) is 0 Å². The minimum absolute atomic E-state index is 0.161. The van der Waals surface area contributed by atoms with Gasteiger partial charge in [0.1, 0.15) is 11.6 Å². The number of carbonyl (C=O) groups excluding carboxylic acids is 2. The molecule has 0 aromatic heterocycles. The summed E-state index contributed by atoms with van der Waals surface area (Å²) in [6, 6.07) is -1.95. The fraction of sp³-hybridized carbons (Fsp3) is 0.727. The summed E-state index contributed by atoms with van der Waals surface area (Å²) in [4.78, 5) is 32.6. The highest BCUT2D eigenvalue weighted by Gasteiger charge is 2.19. The van der Waals surface area contributed by atoms with Crippen LogP contribution in [0.1, 0.15) is 33.6 Å². The third-order valence-electron chi connectivity index (χ3n) is 1.95. The van der Waals surface area contributed by atoms with E-state index in [1.165, 1.54) is 0 Å². The van der Waals surface area contributed by atoms with Gasteiger partial charge in [0.15, 0.2) is 0 Å². The number of urea groups is 1. The van der Waals surface area contributed by atoms with Gasteiger partial charge >= 0.3 is 18.1 Å². The van der Waals surface area contributed by atoms with Crippen LogP contribution in [0, 0.1) is 0 Å². The highest BCUT2D eigenvalue weighted by Crippen LogP contribution is 2.06. The van der Waals surface area contributed by atoms with Gasteiger partial charge in [-0.3, -0.25) is 0 Å². The number of carbonyl (C=O) groups is 3. The number of nitrogens with one attached hydrogen (secondary N) is 2. The van der Waals surface area contributed by atoms with Crippen LogP contribution in [0.5, 0.6) is 0 Å². The molecule has 0 aliphatic carbocycles. The number of hydrogen-bond acceptors (Lipinski definition) is 4. The number of primary amides is 1. The van der Waals surface area contributed by atoms with Crippen LogP contribution in [-0.4, -0.2) is 41.4 Å². The Kier molecular flexibility index (Phi) is 6.67. The average Bonchev–Trinajstić information content (AvgIpc) is 2.19. The molecule has 8 nitrogen and oxygen atoms in total. The Morgan fingerprint density at radius 1 is 1.32 bits per heavy atom. The number of nitrogens with two attached hydrogens (primary N) is 1. The lowest BCUT2D eigenvalue weighted by Crippen LogP contribution is -2.44. The summed E-state index contributed by atoms with van der Waals surface area (Å²) < 4.78 is 5.00. The highest BCUT2D eigenvalue weighted by molar-refractivity contribution is 5.81. The number of aliphatic carboxylic acids is 1. The number of alkyl carbamates (subject to hydrolysis) is 1. The Morgan fingerprint density at radius 2 is 1.89 bits per heavy atom. The van der Waals surface area contributed by atoms with Gasteiger partial charge in [-0.2, -0.15) is 0 Å². The molecular weight excluding hydrogens is 254 g/mol. The van der Waals surface area contributed by atoms with Crippen molar-refractivity contribution in [1.82, 2.24) is 10.6 Å². The predicted octanol–water partition coefficient (Wildman–Crippen LogP) is 0.413. The average molecular weight is 275 g/mol. The van der Waals surface area contributed by atoms with Crippen LogP contribution >= 0.6 is 0 Å². The molecule has 0 aliphatic heterocycles. The van der Waals surface area contributed by atoms with Crippen molar-refractivity contribution in [2.45, 2.75) is 45.3 Å². The van der Waals surface area contributed by atoms with E-state index in [-0.39, 0.29) is 13.0 Å². The van der Waals surface area contributed by atoms with Gasteiger partial charge in [0.25, 0.3) is 0 Å². The van der Waals surface area contributed by atoms with E-state index in [0.29, 0.717) is 6.42 Å². The van der Waals surface area contributed by atoms with E-state index in [4.69, 9.17) is 15.6 Å². The van der Waals surface area contributed by atoms with Crippen molar-refractivity contribution in [3.05, 3.63) is 0 Å². The van der Waals surface area contributed by atoms with Gasteiger partial charge in [0.05, 0.1) is 0 Å². The van der Waals surface area contributed by atoms with Gasteiger partial charge in [-0.15, -0.1) is 0 Å². The fourth-order valence-corrected chi connectivity index (χ4v) is 1.24. The van der Waals surface area contributed by atoms with Crippen molar-refractivity contribution in [3.8, 4) is 0 Å². The van der Waals surface area contributed by atoms with Crippen molar-refractivity contribution in [1.29, 1.82) is 0 Å². The zero-order chi connectivity index (χ0) is 15.1. The van der Waals surface area contributed by atoms with Crippen LogP contribution < -0.4 is 16.4 Å². The third kappa shape index (κ3) is 9.69. The molecule has 5 N–H and O–H groups in total. The molecule has 0 bridgehead atoms. The number of carboxylic acids is 1. The topological polar surface area (TPSA) is 131 Å². The molecule has 0 radical (unpaired) electrons. The van der Waals surface area contributed by atoms with E-state index < -0.39 is 29.7 Å².